The molecular formula is C81H135NO13. The van der Waals surface area contributed by atoms with E-state index in [4.69, 9.17) is 18.9 Å². The average Bonchev–Trinajstić information content (AvgIpc) is 0.800. The molecule has 2 aliphatic rings. The number of ether oxygens (including phenoxy) is 4. The van der Waals surface area contributed by atoms with Gasteiger partial charge in [0.05, 0.1) is 32.0 Å². The zero-order chi connectivity index (χ0) is 68.7. The van der Waals surface area contributed by atoms with E-state index >= 15 is 0 Å². The maximum absolute atomic E-state index is 13.4. The minimum atomic E-state index is -1.80. The quantitative estimate of drug-likeness (QED) is 0.0204. The molecule has 2 saturated heterocycles. The topological polar surface area (TPSA) is 228 Å². The molecule has 12 atom stereocenters. The Morgan fingerprint density at radius 3 is 1.16 bits per heavy atom. The summed E-state index contributed by atoms with van der Waals surface area (Å²) in [6.45, 7) is 2.66. The monoisotopic (exact) mass is 1330 g/mol. The van der Waals surface area contributed by atoms with E-state index in [0.29, 0.717) is 12.8 Å². The molecule has 0 radical (unpaired) electrons. The van der Waals surface area contributed by atoms with Crippen LogP contribution < -0.4 is 5.32 Å². The lowest BCUT2D eigenvalue weighted by Gasteiger charge is -2.46. The summed E-state index contributed by atoms with van der Waals surface area (Å²) in [7, 11) is 0. The highest BCUT2D eigenvalue weighted by Crippen LogP contribution is 2.30. The van der Waals surface area contributed by atoms with Crippen molar-refractivity contribution in [1.29, 1.82) is 0 Å². The second kappa shape index (κ2) is 63.3. The van der Waals surface area contributed by atoms with Crippen molar-refractivity contribution < 1.29 is 64.6 Å². The van der Waals surface area contributed by atoms with Crippen LogP contribution in [0.4, 0.5) is 0 Å². The van der Waals surface area contributed by atoms with Crippen LogP contribution in [0.3, 0.4) is 0 Å². The van der Waals surface area contributed by atoms with Crippen LogP contribution in [0.15, 0.2) is 146 Å². The minimum Gasteiger partial charge on any atom is -0.394 e. The molecule has 0 aromatic carbocycles. The van der Waals surface area contributed by atoms with Gasteiger partial charge in [0.25, 0.3) is 0 Å². The summed E-state index contributed by atoms with van der Waals surface area (Å²) in [5.41, 5.74) is 0. The predicted molar refractivity (Wildman–Crippen MR) is 391 cm³/mol. The van der Waals surface area contributed by atoms with Gasteiger partial charge in [0, 0.05) is 6.42 Å². The Kier molecular flexibility index (Phi) is 58.0. The summed E-state index contributed by atoms with van der Waals surface area (Å²) in [6.07, 6.45) is 79.0. The Labute approximate surface area is 576 Å². The second-order valence-corrected chi connectivity index (χ2v) is 25.7. The van der Waals surface area contributed by atoms with Crippen LogP contribution in [0.1, 0.15) is 264 Å². The van der Waals surface area contributed by atoms with Gasteiger partial charge < -0.3 is 65.1 Å². The number of hydrogen-bond donors (Lipinski definition) is 9. The molecule has 0 saturated carbocycles. The standard InChI is InChI=1S/C81H135NO13/c1-3-5-7-9-11-13-15-17-19-21-23-25-27-29-31-32-33-34-35-36-37-38-39-41-43-45-47-49-51-53-55-57-59-61-63-65-73(86)82-69(68-92-80-78(91)76(89)79(72(67-84)94-80)95-81-77(90)75(88)74(87)71(66-83)93-81)70(85)64-62-60-58-56-54-52-50-48-46-44-42-40-30-28-26-24-22-20-18-16-14-12-10-8-6-4-2/h5,7,11,13,17,19,23,25,29,31,33-34,36-37,39,41,45-48,54,56,62,64,69-72,74-81,83-85,87-91H,3-4,6,8-10,12,14-16,18,20-22,24,26-28,30,32,35,38,40,42-44,49-53,55,57-61,63,65-68H2,1-2H3,(H,82,86)/b7-5-,13-11-,19-17-,25-23-,31-29-,34-33-,37-36-,41-39-,47-45-,48-46+,56-54+,64-62+. The number of hydrogen-bond acceptors (Lipinski definition) is 13. The van der Waals surface area contributed by atoms with Gasteiger partial charge in [-0.25, -0.2) is 0 Å². The first kappa shape index (κ1) is 87.0. The van der Waals surface area contributed by atoms with Crippen molar-refractivity contribution in [3.05, 3.63) is 146 Å². The number of aliphatic hydroxyl groups is 8. The predicted octanol–water partition coefficient (Wildman–Crippen LogP) is 16.4. The van der Waals surface area contributed by atoms with Gasteiger partial charge in [0.15, 0.2) is 12.6 Å². The Balaban J connectivity index is 1.69. The molecule has 0 aliphatic carbocycles. The van der Waals surface area contributed by atoms with Crippen LogP contribution in [0.5, 0.6) is 0 Å². The number of unbranched alkanes of at least 4 members (excludes halogenated alkanes) is 25. The van der Waals surface area contributed by atoms with Gasteiger partial charge in [-0.05, 0) is 116 Å². The Morgan fingerprint density at radius 1 is 0.389 bits per heavy atom. The second-order valence-electron chi connectivity index (χ2n) is 25.7. The molecule has 0 aromatic heterocycles. The molecule has 95 heavy (non-hydrogen) atoms. The Hall–Kier alpha value is -4.13. The van der Waals surface area contributed by atoms with Crippen molar-refractivity contribution in [3.63, 3.8) is 0 Å². The van der Waals surface area contributed by atoms with Crippen molar-refractivity contribution >= 4 is 5.91 Å². The molecule has 1 amide bonds. The first-order valence-electron chi connectivity index (χ1n) is 37.6. The first-order chi connectivity index (χ1) is 46.6. The number of allylic oxidation sites excluding steroid dienone is 23. The van der Waals surface area contributed by atoms with Gasteiger partial charge in [-0.1, -0.05) is 288 Å². The first-order valence-corrected chi connectivity index (χ1v) is 37.6. The summed E-state index contributed by atoms with van der Waals surface area (Å²) in [4.78, 5) is 13.4. The van der Waals surface area contributed by atoms with Crippen LogP contribution in [-0.4, -0.2) is 140 Å². The van der Waals surface area contributed by atoms with E-state index in [9.17, 15) is 45.6 Å². The molecule has 14 heteroatoms. The van der Waals surface area contributed by atoms with Gasteiger partial charge >= 0.3 is 0 Å². The largest absolute Gasteiger partial charge is 0.394 e. The Bertz CT molecular complexity index is 2160. The van der Waals surface area contributed by atoms with E-state index in [0.717, 1.165) is 128 Å². The third-order valence-electron chi connectivity index (χ3n) is 17.2. The van der Waals surface area contributed by atoms with Crippen LogP contribution in [0.2, 0.25) is 0 Å². The third kappa shape index (κ3) is 46.7. The number of carbonyl (C=O) groups is 1. The van der Waals surface area contributed by atoms with Crippen LogP contribution in [-0.2, 0) is 23.7 Å². The zero-order valence-corrected chi connectivity index (χ0v) is 59.1. The molecule has 0 aromatic rings. The van der Waals surface area contributed by atoms with Crippen LogP contribution >= 0.6 is 0 Å². The van der Waals surface area contributed by atoms with Gasteiger partial charge in [-0.15, -0.1) is 0 Å². The fourth-order valence-electron chi connectivity index (χ4n) is 11.3. The highest BCUT2D eigenvalue weighted by molar-refractivity contribution is 5.76. The van der Waals surface area contributed by atoms with Crippen molar-refractivity contribution in [1.82, 2.24) is 5.32 Å². The summed E-state index contributed by atoms with van der Waals surface area (Å²) in [5, 5.41) is 87.5. The van der Waals surface area contributed by atoms with E-state index < -0.39 is 86.8 Å². The summed E-state index contributed by atoms with van der Waals surface area (Å²) < 4.78 is 22.8. The van der Waals surface area contributed by atoms with E-state index in [2.05, 4.69) is 153 Å². The van der Waals surface area contributed by atoms with E-state index in [-0.39, 0.29) is 18.9 Å². The van der Waals surface area contributed by atoms with Gasteiger partial charge in [0.1, 0.15) is 48.8 Å². The van der Waals surface area contributed by atoms with Crippen molar-refractivity contribution in [2.24, 2.45) is 0 Å². The van der Waals surface area contributed by atoms with Crippen LogP contribution in [0.25, 0.3) is 0 Å². The fourth-order valence-corrected chi connectivity index (χ4v) is 11.3. The summed E-state index contributed by atoms with van der Waals surface area (Å²) >= 11 is 0. The molecule has 0 spiro atoms. The molecule has 12 unspecified atom stereocenters. The molecule has 9 N–H and O–H groups in total. The van der Waals surface area contributed by atoms with E-state index in [1.165, 1.54) is 103 Å². The molecule has 542 valence electrons. The van der Waals surface area contributed by atoms with Crippen molar-refractivity contribution in [2.75, 3.05) is 19.8 Å². The molecule has 0 bridgehead atoms. The lowest BCUT2D eigenvalue weighted by molar-refractivity contribution is -0.359. The molecule has 2 heterocycles. The maximum Gasteiger partial charge on any atom is 0.220 e. The zero-order valence-electron chi connectivity index (χ0n) is 59.1. The van der Waals surface area contributed by atoms with Crippen molar-refractivity contribution in [2.45, 2.75) is 338 Å². The molecule has 14 nitrogen and oxygen atoms in total. The number of amides is 1. The number of carbonyl (C=O) groups excluding carboxylic acids is 1. The normalized spacial score (nSPS) is 23.2. The average molecular weight is 1330 g/mol. The molecule has 2 aliphatic heterocycles. The Morgan fingerprint density at radius 2 is 0.737 bits per heavy atom. The molecule has 2 rings (SSSR count). The van der Waals surface area contributed by atoms with Crippen molar-refractivity contribution in [3.8, 4) is 0 Å². The summed E-state index contributed by atoms with van der Waals surface area (Å²) in [5.74, 6) is -0.269. The number of rotatable bonds is 60. The highest BCUT2D eigenvalue weighted by atomic mass is 16.7. The van der Waals surface area contributed by atoms with Gasteiger partial charge in [0.2, 0.25) is 5.91 Å². The fraction of sp³-hybridized carbons (Fsp3) is 0.691. The minimum absolute atomic E-state index is 0.247. The lowest BCUT2D eigenvalue weighted by Crippen LogP contribution is -2.65. The molecular weight excluding hydrogens is 1190 g/mol. The SMILES string of the molecule is CC/C=C\C/C=C\C/C=C\C/C=C\C/C=C\C/C=C\C/C=C\C/C=C\C/C=C\CCCCCCCCCC(=O)NC(COC1OC(CO)C(OC2OC(CO)C(O)C(O)C2O)C(O)C1O)C(O)/C=C/CC/C=C/CC/C=C/CCCCCCCCCCCCCCCCCC. The van der Waals surface area contributed by atoms with Gasteiger partial charge in [-0.2, -0.15) is 0 Å². The van der Waals surface area contributed by atoms with Gasteiger partial charge in [-0.3, -0.25) is 4.79 Å². The van der Waals surface area contributed by atoms with Crippen LogP contribution in [0, 0.1) is 0 Å². The van der Waals surface area contributed by atoms with E-state index in [1.807, 2.05) is 6.08 Å². The third-order valence-corrected chi connectivity index (χ3v) is 17.2. The van der Waals surface area contributed by atoms with E-state index in [1.54, 1.807) is 6.08 Å². The molecule has 2 fully saturated rings. The number of aliphatic hydroxyl groups excluding tert-OH is 8. The maximum atomic E-state index is 13.4. The smallest absolute Gasteiger partial charge is 0.220 e. The number of nitrogens with one attached hydrogen (secondary N) is 1. The lowest BCUT2D eigenvalue weighted by atomic mass is 9.97. The highest BCUT2D eigenvalue weighted by Gasteiger charge is 2.51. The summed E-state index contributed by atoms with van der Waals surface area (Å²) in [6, 6.07) is -0.957.